The summed E-state index contributed by atoms with van der Waals surface area (Å²) in [4.78, 5) is 13.3. The Bertz CT molecular complexity index is 1090. The molecular weight excluding hydrogens is 386 g/mol. The Morgan fingerprint density at radius 2 is 1.90 bits per heavy atom. The fourth-order valence-electron chi connectivity index (χ4n) is 6.88. The van der Waals surface area contributed by atoms with Crippen LogP contribution in [0.1, 0.15) is 43.2 Å². The second kappa shape index (κ2) is 6.12. The van der Waals surface area contributed by atoms with Crippen molar-refractivity contribution in [2.75, 3.05) is 7.11 Å². The van der Waals surface area contributed by atoms with Crippen molar-refractivity contribution in [3.63, 3.8) is 0 Å². The molecule has 3 atom stereocenters. The van der Waals surface area contributed by atoms with Crippen LogP contribution < -0.4 is 5.73 Å². The summed E-state index contributed by atoms with van der Waals surface area (Å²) in [5, 5.41) is -1.52. The lowest BCUT2D eigenvalue weighted by Crippen LogP contribution is -2.60. The molecule has 3 spiro atoms. The minimum absolute atomic E-state index is 0.0596. The molecule has 154 valence electrons. The number of benzene rings is 1. The number of aliphatic imine (C=N–C) groups is 1. The van der Waals surface area contributed by atoms with E-state index in [0.29, 0.717) is 0 Å². The smallest absolute Gasteiger partial charge is 0.281 e. The van der Waals surface area contributed by atoms with Crippen LogP contribution in [0, 0.1) is 10.8 Å². The molecule has 31 heavy (non-hydrogen) atoms. The first-order chi connectivity index (χ1) is 14.8. The summed E-state index contributed by atoms with van der Waals surface area (Å²) >= 11 is 0. The van der Waals surface area contributed by atoms with E-state index in [1.807, 2.05) is 7.11 Å². The largest absolute Gasteiger partial charge is 0.476 e. The predicted octanol–water partition coefficient (Wildman–Crippen LogP) is 2.20. The number of aromatic nitrogens is 2. The van der Waals surface area contributed by atoms with Crippen molar-refractivity contribution in [2.45, 2.75) is 55.6 Å². The molecule has 3 aliphatic carbocycles. The molecule has 0 bridgehead atoms. The number of ether oxygens (including phenoxy) is 2. The normalized spacial score (nSPS) is 34.0. The van der Waals surface area contributed by atoms with E-state index >= 15 is 0 Å². The highest BCUT2D eigenvalue weighted by molar-refractivity contribution is 6.41. The van der Waals surface area contributed by atoms with Crippen molar-refractivity contribution in [1.29, 1.82) is 0 Å². The van der Waals surface area contributed by atoms with Crippen LogP contribution >= 0.6 is 0 Å². The quantitative estimate of drug-likeness (QED) is 0.768. The van der Waals surface area contributed by atoms with Crippen LogP contribution in [-0.4, -0.2) is 50.3 Å². The molecule has 1 aromatic carbocycles. The van der Waals surface area contributed by atoms with E-state index in [-0.39, 0.29) is 23.0 Å². The third-order valence-corrected chi connectivity index (χ3v) is 8.24. The van der Waals surface area contributed by atoms with Crippen LogP contribution in [0.5, 0.6) is 0 Å². The van der Waals surface area contributed by atoms with E-state index in [1.54, 1.807) is 12.4 Å². The van der Waals surface area contributed by atoms with Crippen LogP contribution in [0.25, 0.3) is 11.1 Å². The molecule has 6 rings (SSSR count). The van der Waals surface area contributed by atoms with Gasteiger partial charge in [0.15, 0.2) is 0 Å². The van der Waals surface area contributed by atoms with E-state index in [0.717, 1.165) is 55.2 Å². The third-order valence-electron chi connectivity index (χ3n) is 8.24. The fourth-order valence-corrected chi connectivity index (χ4v) is 6.88. The molecular formula is C23H24B2N4O2. The molecule has 1 unspecified atom stereocenters. The zero-order valence-corrected chi connectivity index (χ0v) is 17.7. The molecule has 0 amide bonds. The summed E-state index contributed by atoms with van der Waals surface area (Å²) in [7, 11) is 15.2. The van der Waals surface area contributed by atoms with Gasteiger partial charge in [0.2, 0.25) is 0 Å². The molecule has 2 N–H and O–H groups in total. The molecule has 2 fully saturated rings. The van der Waals surface area contributed by atoms with E-state index in [4.69, 9.17) is 35.9 Å². The van der Waals surface area contributed by atoms with Gasteiger partial charge in [-0.15, -0.1) is 0 Å². The fraction of sp³-hybridized carbons (Fsp3) is 0.522. The van der Waals surface area contributed by atoms with E-state index in [9.17, 15) is 0 Å². The molecule has 2 saturated carbocycles. The van der Waals surface area contributed by atoms with Gasteiger partial charge in [-0.05, 0) is 66.7 Å². The molecule has 2 heterocycles. The van der Waals surface area contributed by atoms with Crippen molar-refractivity contribution in [2.24, 2.45) is 21.6 Å². The zero-order chi connectivity index (χ0) is 21.5. The van der Waals surface area contributed by atoms with Gasteiger partial charge in [-0.25, -0.2) is 15.0 Å². The molecule has 2 aromatic rings. The molecule has 4 radical (unpaired) electrons. The Labute approximate surface area is 184 Å². The van der Waals surface area contributed by atoms with Crippen molar-refractivity contribution in [1.82, 2.24) is 9.97 Å². The number of nitrogens with two attached hydrogens (primary N) is 1. The van der Waals surface area contributed by atoms with Crippen molar-refractivity contribution < 1.29 is 9.47 Å². The summed E-state index contributed by atoms with van der Waals surface area (Å²) < 4.78 is 11.7. The number of fused-ring (bicyclic) bond motifs is 3. The second-order valence-electron chi connectivity index (χ2n) is 9.81. The first kappa shape index (κ1) is 19.4. The van der Waals surface area contributed by atoms with E-state index in [1.165, 1.54) is 11.9 Å². The van der Waals surface area contributed by atoms with Crippen LogP contribution in [0.3, 0.4) is 0 Å². The molecule has 0 saturated heterocycles. The maximum Gasteiger partial charge on any atom is 0.281 e. The lowest BCUT2D eigenvalue weighted by molar-refractivity contribution is -0.0719. The van der Waals surface area contributed by atoms with Crippen LogP contribution in [-0.2, 0) is 21.4 Å². The molecule has 1 aliphatic heterocycles. The summed E-state index contributed by atoms with van der Waals surface area (Å²) in [6.45, 7) is 0. The second-order valence-corrected chi connectivity index (χ2v) is 9.81. The van der Waals surface area contributed by atoms with Crippen molar-refractivity contribution in [3.05, 3.63) is 48.0 Å². The van der Waals surface area contributed by atoms with Gasteiger partial charge >= 0.3 is 0 Å². The van der Waals surface area contributed by atoms with E-state index < -0.39 is 10.9 Å². The van der Waals surface area contributed by atoms with Gasteiger partial charge in [0.25, 0.3) is 6.02 Å². The number of hydrogen-bond donors (Lipinski definition) is 1. The third kappa shape index (κ3) is 2.43. The average Bonchev–Trinajstić information content (AvgIpc) is 3.38. The lowest BCUT2D eigenvalue weighted by atomic mass is 9.44. The molecule has 1 aromatic heterocycles. The number of amidine groups is 1. The standard InChI is InChI=1S/C23H24B2N4O2/c1-30-18-4-5-21(12-20(18)6-7-20)9-15-3-2-14(16-10-27-13-28-11-16)8-17(15)22(21)23(24,25)31-19(26)29-22/h2-3,8,10-11,13,18H,4-7,9,12H2,1H3,(H2,26,29)/t18-,21+,22?/m1/s1. The van der Waals surface area contributed by atoms with Gasteiger partial charge in [-0.3, -0.25) is 0 Å². The van der Waals surface area contributed by atoms with Crippen LogP contribution in [0.4, 0.5) is 0 Å². The first-order valence-corrected chi connectivity index (χ1v) is 10.9. The van der Waals surface area contributed by atoms with Crippen molar-refractivity contribution in [3.8, 4) is 11.1 Å². The highest BCUT2D eigenvalue weighted by Gasteiger charge is 2.72. The van der Waals surface area contributed by atoms with Gasteiger partial charge in [-0.2, -0.15) is 0 Å². The highest BCUT2D eigenvalue weighted by Crippen LogP contribution is 2.72. The van der Waals surface area contributed by atoms with Gasteiger partial charge in [-0.1, -0.05) is 12.1 Å². The first-order valence-electron chi connectivity index (χ1n) is 10.9. The predicted molar refractivity (Wildman–Crippen MR) is 119 cm³/mol. The van der Waals surface area contributed by atoms with Gasteiger partial charge < -0.3 is 15.2 Å². The Hall–Kier alpha value is -2.34. The lowest BCUT2D eigenvalue weighted by Gasteiger charge is -2.54. The number of hydrogen-bond acceptors (Lipinski definition) is 6. The Morgan fingerprint density at radius 3 is 2.55 bits per heavy atom. The van der Waals surface area contributed by atoms with Crippen LogP contribution in [0.15, 0.2) is 41.9 Å². The van der Waals surface area contributed by atoms with Crippen molar-refractivity contribution >= 4 is 21.7 Å². The zero-order valence-electron chi connectivity index (χ0n) is 17.7. The molecule has 8 heteroatoms. The van der Waals surface area contributed by atoms with Crippen LogP contribution in [0.2, 0.25) is 0 Å². The summed E-state index contributed by atoms with van der Waals surface area (Å²) in [5.41, 5.74) is 9.21. The summed E-state index contributed by atoms with van der Waals surface area (Å²) in [6, 6.07) is 6.46. The summed E-state index contributed by atoms with van der Waals surface area (Å²) in [6.07, 6.45) is 11.4. The maximum atomic E-state index is 6.70. The topological polar surface area (TPSA) is 82.6 Å². The Balaban J connectivity index is 1.55. The maximum absolute atomic E-state index is 6.70. The Morgan fingerprint density at radius 1 is 1.13 bits per heavy atom. The van der Waals surface area contributed by atoms with Gasteiger partial charge in [0.05, 0.1) is 11.5 Å². The SMILES string of the molecule is [B]C1([B])OC(N)=NC12c1cc(-c3cncnc3)ccc1C[C@]21CC[C@@H](OC)C2(CC2)C1. The minimum Gasteiger partial charge on any atom is -0.476 e. The minimum atomic E-state index is -1.52. The van der Waals surface area contributed by atoms with E-state index in [2.05, 4.69) is 28.2 Å². The number of rotatable bonds is 2. The number of methoxy groups -OCH3 is 1. The number of nitrogens with zero attached hydrogens (tertiary/aromatic N) is 3. The summed E-state index contributed by atoms with van der Waals surface area (Å²) in [5.74, 6) is 0. The molecule has 4 aliphatic rings. The monoisotopic (exact) mass is 410 g/mol. The van der Waals surface area contributed by atoms with Gasteiger partial charge in [0.1, 0.15) is 27.6 Å². The van der Waals surface area contributed by atoms with Gasteiger partial charge in [0, 0.05) is 30.5 Å². The molecule has 6 nitrogen and oxygen atoms in total. The highest BCUT2D eigenvalue weighted by atomic mass is 16.5. The Kier molecular flexibility index (Phi) is 3.82. The average molecular weight is 410 g/mol.